The van der Waals surface area contributed by atoms with Gasteiger partial charge in [-0.1, -0.05) is 6.07 Å². The van der Waals surface area contributed by atoms with Crippen LogP contribution >= 0.6 is 11.8 Å². The minimum Gasteiger partial charge on any atom is -0.497 e. The number of sulfone groups is 1. The Labute approximate surface area is 124 Å². The van der Waals surface area contributed by atoms with Gasteiger partial charge in [-0.15, -0.1) is 0 Å². The molecule has 1 aliphatic heterocycles. The summed E-state index contributed by atoms with van der Waals surface area (Å²) in [6, 6.07) is 5.51. The molecule has 0 amide bonds. The minimum atomic E-state index is -3.08. The third-order valence-electron chi connectivity index (χ3n) is 3.41. The van der Waals surface area contributed by atoms with Gasteiger partial charge in [0, 0.05) is 42.6 Å². The number of thioether (sulfide) groups is 1. The van der Waals surface area contributed by atoms with Crippen LogP contribution in [0.1, 0.15) is 5.56 Å². The molecule has 5 nitrogen and oxygen atoms in total. The van der Waals surface area contributed by atoms with Crippen molar-refractivity contribution in [3.63, 3.8) is 0 Å². The highest BCUT2D eigenvalue weighted by molar-refractivity contribution is 8.00. The van der Waals surface area contributed by atoms with E-state index in [9.17, 15) is 8.42 Å². The predicted octanol–water partition coefficient (Wildman–Crippen LogP) is 1.20. The van der Waals surface area contributed by atoms with Crippen LogP contribution in [-0.2, 0) is 16.4 Å². The number of rotatable bonds is 4. The van der Waals surface area contributed by atoms with E-state index in [4.69, 9.17) is 10.5 Å². The van der Waals surface area contributed by atoms with E-state index in [1.54, 1.807) is 24.9 Å². The maximum atomic E-state index is 11.9. The molecule has 1 aliphatic rings. The molecule has 2 rings (SSSR count). The van der Waals surface area contributed by atoms with Crippen LogP contribution in [0.2, 0.25) is 0 Å². The summed E-state index contributed by atoms with van der Waals surface area (Å²) in [6.45, 7) is 1.31. The van der Waals surface area contributed by atoms with Crippen molar-refractivity contribution in [2.75, 3.05) is 37.1 Å². The first-order valence-corrected chi connectivity index (χ1v) is 9.46. The molecule has 0 aliphatic carbocycles. The highest BCUT2D eigenvalue weighted by atomic mass is 32.2. The number of nitrogens with two attached hydrogens (primary N) is 1. The summed E-state index contributed by atoms with van der Waals surface area (Å²) in [5.41, 5.74) is 7.58. The summed E-state index contributed by atoms with van der Waals surface area (Å²) < 4.78 is 28.9. The number of nitrogens with zero attached hydrogens (tertiary/aromatic N) is 1. The number of benzene rings is 1. The zero-order valence-corrected chi connectivity index (χ0v) is 13.3. The second kappa shape index (κ2) is 6.24. The van der Waals surface area contributed by atoms with Crippen LogP contribution in [-0.4, -0.2) is 50.1 Å². The lowest BCUT2D eigenvalue weighted by molar-refractivity contribution is 0.262. The van der Waals surface area contributed by atoms with Crippen LogP contribution in [0, 0.1) is 0 Å². The first-order valence-electron chi connectivity index (χ1n) is 6.35. The topological polar surface area (TPSA) is 72.6 Å². The third kappa shape index (κ3) is 3.59. The van der Waals surface area contributed by atoms with E-state index >= 15 is 0 Å². The van der Waals surface area contributed by atoms with Gasteiger partial charge in [0.05, 0.1) is 7.11 Å². The summed E-state index contributed by atoms with van der Waals surface area (Å²) in [7, 11) is -1.49. The molecule has 1 aromatic carbocycles. The molecule has 20 heavy (non-hydrogen) atoms. The van der Waals surface area contributed by atoms with Gasteiger partial charge in [0.2, 0.25) is 0 Å². The van der Waals surface area contributed by atoms with Gasteiger partial charge in [0.1, 0.15) is 11.1 Å². The van der Waals surface area contributed by atoms with Gasteiger partial charge >= 0.3 is 0 Å². The molecule has 1 saturated heterocycles. The van der Waals surface area contributed by atoms with Gasteiger partial charge in [-0.3, -0.25) is 4.90 Å². The maximum Gasteiger partial charge on any atom is 0.164 e. The van der Waals surface area contributed by atoms with E-state index in [-0.39, 0.29) is 0 Å². The molecule has 0 spiro atoms. The summed E-state index contributed by atoms with van der Waals surface area (Å²) in [6.07, 6.45) is 1.30. The zero-order valence-electron chi connectivity index (χ0n) is 11.7. The van der Waals surface area contributed by atoms with Crippen molar-refractivity contribution in [1.29, 1.82) is 0 Å². The number of methoxy groups -OCH3 is 1. The summed E-state index contributed by atoms with van der Waals surface area (Å²) in [4.78, 5) is 1.99. The molecule has 112 valence electrons. The van der Waals surface area contributed by atoms with Crippen LogP contribution in [0.15, 0.2) is 18.2 Å². The van der Waals surface area contributed by atoms with Crippen LogP contribution in [0.3, 0.4) is 0 Å². The Bertz CT molecular complexity index is 575. The summed E-state index contributed by atoms with van der Waals surface area (Å²) in [5.74, 6) is 2.27. The fourth-order valence-corrected chi connectivity index (χ4v) is 5.20. The van der Waals surface area contributed by atoms with E-state index < -0.39 is 15.2 Å². The molecule has 1 unspecified atom stereocenters. The highest BCUT2D eigenvalue weighted by Crippen LogP contribution is 2.26. The van der Waals surface area contributed by atoms with Crippen molar-refractivity contribution < 1.29 is 13.2 Å². The van der Waals surface area contributed by atoms with Gasteiger partial charge < -0.3 is 10.5 Å². The van der Waals surface area contributed by atoms with E-state index in [0.29, 0.717) is 23.7 Å². The standard InChI is InChI=1S/C13H20N2O3S2/c1-18-11-4-3-10(12(14)7-11)8-15-5-6-19-9-13(15)20(2,16)17/h3-4,7,13H,5-6,8-9,14H2,1-2H3. The van der Waals surface area contributed by atoms with Crippen molar-refractivity contribution in [2.24, 2.45) is 0 Å². The fraction of sp³-hybridized carbons (Fsp3) is 0.538. The van der Waals surface area contributed by atoms with E-state index in [1.807, 2.05) is 17.0 Å². The average molecular weight is 316 g/mol. The zero-order chi connectivity index (χ0) is 14.8. The van der Waals surface area contributed by atoms with E-state index in [0.717, 1.165) is 17.9 Å². The molecule has 2 N–H and O–H groups in total. The Balaban J connectivity index is 2.19. The van der Waals surface area contributed by atoms with Gasteiger partial charge in [0.25, 0.3) is 0 Å². The number of ether oxygens (including phenoxy) is 1. The molecule has 1 heterocycles. The number of anilines is 1. The molecule has 0 bridgehead atoms. The Hall–Kier alpha value is -0.920. The van der Waals surface area contributed by atoms with Crippen molar-refractivity contribution in [2.45, 2.75) is 11.9 Å². The summed E-state index contributed by atoms with van der Waals surface area (Å²) >= 11 is 1.68. The highest BCUT2D eigenvalue weighted by Gasteiger charge is 2.31. The first kappa shape index (κ1) is 15.5. The van der Waals surface area contributed by atoms with Crippen LogP contribution in [0.4, 0.5) is 5.69 Å². The Kier molecular flexibility index (Phi) is 4.82. The number of hydrogen-bond acceptors (Lipinski definition) is 6. The lowest BCUT2D eigenvalue weighted by Crippen LogP contribution is -2.46. The van der Waals surface area contributed by atoms with Crippen molar-refractivity contribution >= 4 is 27.3 Å². The molecule has 1 fully saturated rings. The lowest BCUT2D eigenvalue weighted by atomic mass is 10.1. The van der Waals surface area contributed by atoms with Gasteiger partial charge in [-0.05, 0) is 11.6 Å². The molecule has 0 saturated carbocycles. The van der Waals surface area contributed by atoms with Gasteiger partial charge in [0.15, 0.2) is 9.84 Å². The predicted molar refractivity (Wildman–Crippen MR) is 83.8 cm³/mol. The second-order valence-corrected chi connectivity index (χ2v) is 8.25. The Morgan fingerprint density at radius 3 is 2.85 bits per heavy atom. The first-order chi connectivity index (χ1) is 9.41. The molecule has 0 radical (unpaired) electrons. The minimum absolute atomic E-state index is 0.428. The lowest BCUT2D eigenvalue weighted by Gasteiger charge is -2.34. The molecule has 0 aromatic heterocycles. The monoisotopic (exact) mass is 316 g/mol. The SMILES string of the molecule is COc1ccc(CN2CCSCC2S(C)(=O)=O)c(N)c1. The fourth-order valence-electron chi connectivity index (χ4n) is 2.25. The van der Waals surface area contributed by atoms with Crippen molar-refractivity contribution in [3.8, 4) is 5.75 Å². The van der Waals surface area contributed by atoms with Crippen LogP contribution in [0.5, 0.6) is 5.75 Å². The molecule has 1 aromatic rings. The van der Waals surface area contributed by atoms with E-state index in [2.05, 4.69) is 0 Å². The number of nitrogen functional groups attached to an aromatic ring is 1. The molecule has 1 atom stereocenters. The smallest absolute Gasteiger partial charge is 0.164 e. The Morgan fingerprint density at radius 1 is 1.50 bits per heavy atom. The van der Waals surface area contributed by atoms with Crippen molar-refractivity contribution in [3.05, 3.63) is 23.8 Å². The molecular formula is C13H20N2O3S2. The molecular weight excluding hydrogens is 296 g/mol. The average Bonchev–Trinajstić information content (AvgIpc) is 2.40. The van der Waals surface area contributed by atoms with E-state index in [1.165, 1.54) is 6.26 Å². The van der Waals surface area contributed by atoms with Gasteiger partial charge in [-0.25, -0.2) is 8.42 Å². The summed E-state index contributed by atoms with van der Waals surface area (Å²) in [5, 5.41) is -0.428. The van der Waals surface area contributed by atoms with Gasteiger partial charge in [-0.2, -0.15) is 11.8 Å². The second-order valence-electron chi connectivity index (χ2n) is 4.89. The largest absolute Gasteiger partial charge is 0.497 e. The Morgan fingerprint density at radius 2 is 2.25 bits per heavy atom. The maximum absolute atomic E-state index is 11.9. The van der Waals surface area contributed by atoms with Crippen molar-refractivity contribution in [1.82, 2.24) is 4.90 Å². The van der Waals surface area contributed by atoms with Crippen LogP contribution < -0.4 is 10.5 Å². The van der Waals surface area contributed by atoms with Crippen LogP contribution in [0.25, 0.3) is 0 Å². The quantitative estimate of drug-likeness (QED) is 0.842. The number of hydrogen-bond donors (Lipinski definition) is 1. The molecule has 7 heteroatoms. The third-order valence-corrected chi connectivity index (χ3v) is 6.10. The normalized spacial score (nSPS) is 20.8.